The summed E-state index contributed by atoms with van der Waals surface area (Å²) in [4.78, 5) is 28.7. The van der Waals surface area contributed by atoms with Gasteiger partial charge in [-0.15, -0.1) is 0 Å². The zero-order chi connectivity index (χ0) is 20.2. The van der Waals surface area contributed by atoms with Crippen LogP contribution in [0.1, 0.15) is 36.9 Å². The Kier molecular flexibility index (Phi) is 6.04. The largest absolute Gasteiger partial charge is 0.497 e. The Balaban J connectivity index is 1.55. The summed E-state index contributed by atoms with van der Waals surface area (Å²) >= 11 is 0. The molecule has 2 aliphatic rings. The van der Waals surface area contributed by atoms with Crippen molar-refractivity contribution in [3.8, 4) is 17.3 Å². The summed E-state index contributed by atoms with van der Waals surface area (Å²) < 4.78 is 10.7. The van der Waals surface area contributed by atoms with Gasteiger partial charge >= 0.3 is 0 Å². The zero-order valence-electron chi connectivity index (χ0n) is 17.2. The van der Waals surface area contributed by atoms with E-state index in [1.807, 2.05) is 18.0 Å². The normalized spacial score (nSPS) is 16.5. The van der Waals surface area contributed by atoms with Crippen molar-refractivity contribution in [2.75, 3.05) is 38.8 Å². The van der Waals surface area contributed by atoms with Crippen molar-refractivity contribution >= 4 is 11.6 Å². The van der Waals surface area contributed by atoms with Gasteiger partial charge in [0.05, 0.1) is 13.7 Å². The minimum absolute atomic E-state index is 0.255. The number of carbonyl (C=O) groups excluding carboxylic acids is 1. The number of fused-ring (bicyclic) bond motifs is 1. The predicted octanol–water partition coefficient (Wildman–Crippen LogP) is 2.86. The van der Waals surface area contributed by atoms with Crippen molar-refractivity contribution in [2.45, 2.75) is 38.5 Å². The van der Waals surface area contributed by atoms with Crippen molar-refractivity contribution in [3.63, 3.8) is 0 Å². The molecule has 1 aliphatic carbocycles. The Morgan fingerprint density at radius 3 is 2.90 bits per heavy atom. The molecule has 0 bridgehead atoms. The Morgan fingerprint density at radius 1 is 1.28 bits per heavy atom. The van der Waals surface area contributed by atoms with Crippen molar-refractivity contribution in [2.24, 2.45) is 5.92 Å². The number of likely N-dealkylation sites (N-methyl/N-ethyl adjacent to an activating group) is 1. The van der Waals surface area contributed by atoms with E-state index in [9.17, 15) is 4.79 Å². The van der Waals surface area contributed by atoms with Gasteiger partial charge in [0, 0.05) is 50.2 Å². The average molecular weight is 396 g/mol. The summed E-state index contributed by atoms with van der Waals surface area (Å²) in [6.45, 7) is 1.90. The number of carbonyl (C=O) groups is 1. The minimum atomic E-state index is 0.255. The molecular weight excluding hydrogens is 368 g/mol. The number of nitrogens with zero attached hydrogens (tertiary/aromatic N) is 4. The Labute approximate surface area is 171 Å². The Morgan fingerprint density at radius 2 is 2.10 bits per heavy atom. The van der Waals surface area contributed by atoms with Gasteiger partial charge in [-0.25, -0.2) is 9.97 Å². The van der Waals surface area contributed by atoms with Crippen LogP contribution in [0.2, 0.25) is 0 Å². The number of rotatable bonds is 7. The van der Waals surface area contributed by atoms with Crippen LogP contribution in [-0.4, -0.2) is 54.7 Å². The van der Waals surface area contributed by atoms with E-state index < -0.39 is 0 Å². The molecule has 1 aliphatic heterocycles. The fraction of sp³-hybridized carbons (Fsp3) is 0.545. The fourth-order valence-corrected chi connectivity index (χ4v) is 4.18. The Bertz CT molecular complexity index is 880. The molecule has 0 saturated carbocycles. The second kappa shape index (κ2) is 8.86. The van der Waals surface area contributed by atoms with Gasteiger partial charge in [-0.05, 0) is 44.1 Å². The number of hydrogen-bond donors (Lipinski definition) is 0. The van der Waals surface area contributed by atoms with Crippen molar-refractivity contribution in [1.29, 1.82) is 0 Å². The lowest BCUT2D eigenvalue weighted by Gasteiger charge is -2.24. The van der Waals surface area contributed by atoms with E-state index in [2.05, 4.69) is 4.98 Å². The SMILES string of the molecule is COc1ccnc(-c2nc3c(c(N(C)CC(=O)CC4CCOCC4)n2)CCC3)c1. The summed E-state index contributed by atoms with van der Waals surface area (Å²) in [6, 6.07) is 3.65. The molecule has 1 fully saturated rings. The van der Waals surface area contributed by atoms with Crippen LogP contribution in [0.3, 0.4) is 0 Å². The van der Waals surface area contributed by atoms with Crippen LogP contribution in [0.5, 0.6) is 5.75 Å². The van der Waals surface area contributed by atoms with E-state index in [-0.39, 0.29) is 5.78 Å². The van der Waals surface area contributed by atoms with Gasteiger partial charge in [0.25, 0.3) is 0 Å². The van der Waals surface area contributed by atoms with Gasteiger partial charge in [0.15, 0.2) is 11.6 Å². The number of aryl methyl sites for hydroxylation is 1. The van der Waals surface area contributed by atoms with Crippen LogP contribution in [0, 0.1) is 5.92 Å². The molecular formula is C22H28N4O3. The maximum absolute atomic E-state index is 12.7. The smallest absolute Gasteiger partial charge is 0.180 e. The maximum Gasteiger partial charge on any atom is 0.180 e. The summed E-state index contributed by atoms with van der Waals surface area (Å²) in [5.41, 5.74) is 2.92. The molecule has 0 radical (unpaired) electrons. The van der Waals surface area contributed by atoms with Gasteiger partial charge in [-0.1, -0.05) is 0 Å². The second-order valence-corrected chi connectivity index (χ2v) is 7.89. The first-order valence-corrected chi connectivity index (χ1v) is 10.3. The summed E-state index contributed by atoms with van der Waals surface area (Å²) in [5, 5.41) is 0. The molecule has 2 aromatic rings. The van der Waals surface area contributed by atoms with E-state index in [1.54, 1.807) is 19.4 Å². The second-order valence-electron chi connectivity index (χ2n) is 7.89. The molecule has 3 heterocycles. The molecule has 1 saturated heterocycles. The molecule has 0 N–H and O–H groups in total. The number of aromatic nitrogens is 3. The lowest BCUT2D eigenvalue weighted by molar-refractivity contribution is -0.119. The highest BCUT2D eigenvalue weighted by atomic mass is 16.5. The molecule has 7 heteroatoms. The number of ketones is 1. The van der Waals surface area contributed by atoms with Crippen LogP contribution < -0.4 is 9.64 Å². The van der Waals surface area contributed by atoms with Crippen molar-refractivity contribution in [3.05, 3.63) is 29.6 Å². The van der Waals surface area contributed by atoms with E-state index in [0.717, 1.165) is 68.1 Å². The molecule has 154 valence electrons. The highest BCUT2D eigenvalue weighted by Gasteiger charge is 2.24. The van der Waals surface area contributed by atoms with Gasteiger partial charge in [0.1, 0.15) is 17.3 Å². The fourth-order valence-electron chi connectivity index (χ4n) is 4.18. The van der Waals surface area contributed by atoms with Crippen LogP contribution in [0.25, 0.3) is 11.5 Å². The molecule has 0 unspecified atom stereocenters. The highest BCUT2D eigenvalue weighted by Crippen LogP contribution is 2.31. The lowest BCUT2D eigenvalue weighted by Crippen LogP contribution is -2.30. The first kappa shape index (κ1) is 19.8. The van der Waals surface area contributed by atoms with E-state index in [4.69, 9.17) is 19.4 Å². The van der Waals surface area contributed by atoms with Gasteiger partial charge in [0.2, 0.25) is 0 Å². The lowest BCUT2D eigenvalue weighted by atomic mass is 9.94. The van der Waals surface area contributed by atoms with Crippen LogP contribution >= 0.6 is 0 Å². The van der Waals surface area contributed by atoms with Gasteiger partial charge in [-0.2, -0.15) is 0 Å². The standard InChI is InChI=1S/C22H28N4O3/c1-26(14-16(27)12-15-7-10-29-11-8-15)22-18-4-3-5-19(18)24-21(25-22)20-13-17(28-2)6-9-23-20/h6,9,13,15H,3-5,7-8,10-12,14H2,1-2H3. The molecule has 0 spiro atoms. The molecule has 0 aromatic carbocycles. The van der Waals surface area contributed by atoms with E-state index >= 15 is 0 Å². The van der Waals surface area contributed by atoms with Gasteiger partial charge in [-0.3, -0.25) is 9.78 Å². The number of pyridine rings is 1. The van der Waals surface area contributed by atoms with Gasteiger partial charge < -0.3 is 14.4 Å². The first-order valence-electron chi connectivity index (χ1n) is 10.3. The predicted molar refractivity (Wildman–Crippen MR) is 110 cm³/mol. The first-order chi connectivity index (χ1) is 14.1. The van der Waals surface area contributed by atoms with Crippen molar-refractivity contribution < 1.29 is 14.3 Å². The monoisotopic (exact) mass is 396 g/mol. The molecule has 4 rings (SSSR count). The third-order valence-corrected chi connectivity index (χ3v) is 5.74. The summed E-state index contributed by atoms with van der Waals surface area (Å²) in [7, 11) is 3.58. The van der Waals surface area contributed by atoms with Crippen LogP contribution in [0.15, 0.2) is 18.3 Å². The number of Topliss-reactive ketones (excluding diaryl/α,β-unsaturated/α-hetero) is 1. The molecule has 2 aromatic heterocycles. The third-order valence-electron chi connectivity index (χ3n) is 5.74. The van der Waals surface area contributed by atoms with E-state index in [1.165, 1.54) is 0 Å². The third kappa shape index (κ3) is 4.56. The summed E-state index contributed by atoms with van der Waals surface area (Å²) in [6.07, 6.45) is 7.22. The van der Waals surface area contributed by atoms with Crippen LogP contribution in [-0.2, 0) is 22.4 Å². The van der Waals surface area contributed by atoms with E-state index in [0.29, 0.717) is 30.4 Å². The van der Waals surface area contributed by atoms with Crippen LogP contribution in [0.4, 0.5) is 5.82 Å². The molecule has 7 nitrogen and oxygen atoms in total. The number of methoxy groups -OCH3 is 1. The number of hydrogen-bond acceptors (Lipinski definition) is 7. The molecule has 0 amide bonds. The maximum atomic E-state index is 12.7. The minimum Gasteiger partial charge on any atom is -0.497 e. The average Bonchev–Trinajstić information content (AvgIpc) is 3.22. The van der Waals surface area contributed by atoms with Crippen molar-refractivity contribution in [1.82, 2.24) is 15.0 Å². The zero-order valence-corrected chi connectivity index (χ0v) is 17.2. The summed E-state index contributed by atoms with van der Waals surface area (Å²) in [5.74, 6) is 2.86. The number of ether oxygens (including phenoxy) is 2. The topological polar surface area (TPSA) is 77.4 Å². The number of anilines is 1. The quantitative estimate of drug-likeness (QED) is 0.712. The molecule has 0 atom stereocenters. The Hall–Kier alpha value is -2.54. The highest BCUT2D eigenvalue weighted by molar-refractivity contribution is 5.83. The molecule has 29 heavy (non-hydrogen) atoms.